The first kappa shape index (κ1) is 12.8. The Kier molecular flexibility index (Phi) is 3.92. The number of aromatic nitrogens is 2. The predicted molar refractivity (Wildman–Crippen MR) is 73.1 cm³/mol. The van der Waals surface area contributed by atoms with E-state index in [1.807, 2.05) is 30.1 Å². The number of oxime groups is 1. The molecule has 0 fully saturated rings. The van der Waals surface area contributed by atoms with Crippen molar-refractivity contribution in [2.45, 2.75) is 6.54 Å². The first-order chi connectivity index (χ1) is 9.22. The van der Waals surface area contributed by atoms with E-state index in [0.717, 1.165) is 11.4 Å². The van der Waals surface area contributed by atoms with Crippen molar-refractivity contribution in [1.29, 1.82) is 0 Å². The van der Waals surface area contributed by atoms with E-state index >= 15 is 0 Å². The lowest BCUT2D eigenvalue weighted by atomic mass is 10.2. The molecule has 0 aliphatic heterocycles. The Hall–Kier alpha value is -2.63. The van der Waals surface area contributed by atoms with Crippen LogP contribution >= 0.6 is 0 Å². The number of pyridine rings is 2. The Morgan fingerprint density at radius 1 is 1.37 bits per heavy atom. The number of anilines is 1. The zero-order valence-electron chi connectivity index (χ0n) is 10.6. The molecule has 0 aliphatic rings. The van der Waals surface area contributed by atoms with Crippen molar-refractivity contribution < 1.29 is 5.21 Å². The molecule has 19 heavy (non-hydrogen) atoms. The molecule has 98 valence electrons. The van der Waals surface area contributed by atoms with Gasteiger partial charge in [-0.05, 0) is 18.2 Å². The van der Waals surface area contributed by atoms with Crippen LogP contribution in [0.4, 0.5) is 5.69 Å². The number of hydrogen-bond acceptors (Lipinski definition) is 5. The molecular weight excluding hydrogens is 242 g/mol. The normalized spacial score (nSPS) is 11.3. The summed E-state index contributed by atoms with van der Waals surface area (Å²) in [6.45, 7) is 0.609. The Labute approximate surface area is 111 Å². The van der Waals surface area contributed by atoms with Gasteiger partial charge in [-0.2, -0.15) is 0 Å². The van der Waals surface area contributed by atoms with E-state index in [9.17, 15) is 0 Å². The Bertz CT molecular complexity index is 570. The van der Waals surface area contributed by atoms with Gasteiger partial charge in [-0.25, -0.2) is 0 Å². The highest BCUT2D eigenvalue weighted by atomic mass is 16.4. The third-order valence-electron chi connectivity index (χ3n) is 2.72. The van der Waals surface area contributed by atoms with Gasteiger partial charge in [-0.15, -0.1) is 0 Å². The molecular formula is C13H15N5O. The number of hydrogen-bond donors (Lipinski definition) is 2. The van der Waals surface area contributed by atoms with Gasteiger partial charge in [0.15, 0.2) is 5.84 Å². The first-order valence-corrected chi connectivity index (χ1v) is 5.75. The van der Waals surface area contributed by atoms with E-state index in [2.05, 4.69) is 15.1 Å². The molecule has 3 N–H and O–H groups in total. The van der Waals surface area contributed by atoms with Crippen molar-refractivity contribution in [2.24, 2.45) is 10.9 Å². The Balaban J connectivity index is 2.27. The molecule has 0 saturated carbocycles. The summed E-state index contributed by atoms with van der Waals surface area (Å²) in [7, 11) is 1.90. The topological polar surface area (TPSA) is 87.6 Å². The van der Waals surface area contributed by atoms with Crippen molar-refractivity contribution in [3.05, 3.63) is 54.1 Å². The summed E-state index contributed by atoms with van der Waals surface area (Å²) in [4.78, 5) is 10.3. The molecule has 2 rings (SSSR count). The molecule has 0 amide bonds. The number of amidine groups is 1. The van der Waals surface area contributed by atoms with Gasteiger partial charge in [-0.1, -0.05) is 11.2 Å². The molecule has 2 aromatic rings. The molecule has 0 saturated heterocycles. The fourth-order valence-corrected chi connectivity index (χ4v) is 1.78. The van der Waals surface area contributed by atoms with Crippen molar-refractivity contribution >= 4 is 11.5 Å². The molecule has 2 aromatic heterocycles. The van der Waals surface area contributed by atoms with E-state index in [4.69, 9.17) is 10.9 Å². The second kappa shape index (κ2) is 5.81. The van der Waals surface area contributed by atoms with Crippen LogP contribution in [0.5, 0.6) is 0 Å². The van der Waals surface area contributed by atoms with Gasteiger partial charge in [0, 0.05) is 25.0 Å². The summed E-state index contributed by atoms with van der Waals surface area (Å²) in [5, 5.41) is 11.8. The van der Waals surface area contributed by atoms with E-state index < -0.39 is 0 Å². The molecule has 0 spiro atoms. The molecule has 0 atom stereocenters. The Morgan fingerprint density at radius 3 is 2.89 bits per heavy atom. The average Bonchev–Trinajstić information content (AvgIpc) is 2.47. The number of nitrogens with two attached hydrogens (primary N) is 1. The van der Waals surface area contributed by atoms with Crippen LogP contribution in [0.2, 0.25) is 0 Å². The maximum Gasteiger partial charge on any atom is 0.172 e. The molecule has 6 heteroatoms. The summed E-state index contributed by atoms with van der Waals surface area (Å²) in [6, 6.07) is 7.45. The fraction of sp³-hybridized carbons (Fsp3) is 0.154. The second-order valence-electron chi connectivity index (χ2n) is 4.06. The molecule has 0 radical (unpaired) electrons. The fourth-order valence-electron chi connectivity index (χ4n) is 1.78. The van der Waals surface area contributed by atoms with Gasteiger partial charge in [0.05, 0.1) is 24.1 Å². The minimum Gasteiger partial charge on any atom is -0.409 e. The van der Waals surface area contributed by atoms with Crippen LogP contribution in [0.3, 0.4) is 0 Å². The molecule has 0 unspecified atom stereocenters. The lowest BCUT2D eigenvalue weighted by Crippen LogP contribution is -2.23. The quantitative estimate of drug-likeness (QED) is 0.372. The van der Waals surface area contributed by atoms with Crippen LogP contribution in [0, 0.1) is 0 Å². The highest BCUT2D eigenvalue weighted by molar-refractivity contribution is 6.01. The lowest BCUT2D eigenvalue weighted by Gasteiger charge is -2.21. The maximum atomic E-state index is 8.80. The van der Waals surface area contributed by atoms with Crippen LogP contribution in [0.25, 0.3) is 0 Å². The van der Waals surface area contributed by atoms with E-state index in [-0.39, 0.29) is 5.84 Å². The van der Waals surface area contributed by atoms with Crippen molar-refractivity contribution in [3.8, 4) is 0 Å². The zero-order chi connectivity index (χ0) is 13.7. The Morgan fingerprint density at radius 2 is 2.21 bits per heavy atom. The average molecular weight is 257 g/mol. The molecule has 2 heterocycles. The smallest absolute Gasteiger partial charge is 0.172 e. The summed E-state index contributed by atoms with van der Waals surface area (Å²) in [5.41, 5.74) is 8.00. The zero-order valence-corrected chi connectivity index (χ0v) is 10.6. The van der Waals surface area contributed by atoms with Gasteiger partial charge in [0.1, 0.15) is 0 Å². The summed E-state index contributed by atoms with van der Waals surface area (Å²) in [6.07, 6.45) is 5.03. The summed E-state index contributed by atoms with van der Waals surface area (Å²) >= 11 is 0. The molecule has 0 aromatic carbocycles. The van der Waals surface area contributed by atoms with Crippen LogP contribution in [-0.2, 0) is 6.54 Å². The minimum absolute atomic E-state index is 0.0604. The molecule has 0 bridgehead atoms. The molecule has 6 nitrogen and oxygen atoms in total. The van der Waals surface area contributed by atoms with Gasteiger partial charge >= 0.3 is 0 Å². The van der Waals surface area contributed by atoms with E-state index in [1.54, 1.807) is 24.7 Å². The van der Waals surface area contributed by atoms with Crippen molar-refractivity contribution in [2.75, 3.05) is 11.9 Å². The summed E-state index contributed by atoms with van der Waals surface area (Å²) in [5.74, 6) is 0.0604. The van der Waals surface area contributed by atoms with Crippen molar-refractivity contribution in [3.63, 3.8) is 0 Å². The lowest BCUT2D eigenvalue weighted by molar-refractivity contribution is 0.318. The van der Waals surface area contributed by atoms with Crippen LogP contribution in [0.1, 0.15) is 11.3 Å². The van der Waals surface area contributed by atoms with Gasteiger partial charge < -0.3 is 15.8 Å². The predicted octanol–water partition coefficient (Wildman–Crippen LogP) is 1.21. The van der Waals surface area contributed by atoms with Crippen LogP contribution in [-0.4, -0.2) is 28.1 Å². The SMILES string of the molecule is CN(Cc1ccccn1)c1cnccc1/C(N)=N/O. The minimum atomic E-state index is 0.0604. The van der Waals surface area contributed by atoms with Gasteiger partial charge in [0.2, 0.25) is 0 Å². The second-order valence-corrected chi connectivity index (χ2v) is 4.06. The van der Waals surface area contributed by atoms with E-state index in [1.165, 1.54) is 0 Å². The number of nitrogens with zero attached hydrogens (tertiary/aromatic N) is 4. The third kappa shape index (κ3) is 2.98. The van der Waals surface area contributed by atoms with Crippen molar-refractivity contribution in [1.82, 2.24) is 9.97 Å². The molecule has 0 aliphatic carbocycles. The number of rotatable bonds is 4. The van der Waals surface area contributed by atoms with Crippen LogP contribution in [0.15, 0.2) is 48.0 Å². The highest BCUT2D eigenvalue weighted by Gasteiger charge is 2.11. The van der Waals surface area contributed by atoms with Gasteiger partial charge in [-0.3, -0.25) is 9.97 Å². The van der Waals surface area contributed by atoms with E-state index in [0.29, 0.717) is 12.1 Å². The van der Waals surface area contributed by atoms with Gasteiger partial charge in [0.25, 0.3) is 0 Å². The van der Waals surface area contributed by atoms with Crippen LogP contribution < -0.4 is 10.6 Å². The maximum absolute atomic E-state index is 8.80. The largest absolute Gasteiger partial charge is 0.409 e. The third-order valence-corrected chi connectivity index (χ3v) is 2.72. The highest BCUT2D eigenvalue weighted by Crippen LogP contribution is 2.19. The standard InChI is InChI=1S/C13H15N5O/c1-18(9-10-4-2-3-6-16-10)12-8-15-7-5-11(12)13(14)17-19/h2-8,19H,9H2,1H3,(H2,14,17). The monoisotopic (exact) mass is 257 g/mol. The summed E-state index contributed by atoms with van der Waals surface area (Å²) < 4.78 is 0. The first-order valence-electron chi connectivity index (χ1n) is 5.75.